The highest BCUT2D eigenvalue weighted by Gasteiger charge is 2.36. The average molecular weight is 368 g/mol. The van der Waals surface area contributed by atoms with Gasteiger partial charge in [0.1, 0.15) is 12.3 Å². The minimum Gasteiger partial charge on any atom is -0.508 e. The van der Waals surface area contributed by atoms with Gasteiger partial charge in [-0.25, -0.2) is 0 Å². The summed E-state index contributed by atoms with van der Waals surface area (Å²) < 4.78 is 0. The van der Waals surface area contributed by atoms with E-state index >= 15 is 0 Å². The van der Waals surface area contributed by atoms with Crippen LogP contribution in [-0.2, 0) is 9.59 Å². The Bertz CT molecular complexity index is 923. The molecule has 1 saturated heterocycles. The number of aromatic hydroxyl groups is 1. The van der Waals surface area contributed by atoms with E-state index in [9.17, 15) is 19.5 Å². The standard InChI is InChI=1S/C19H16N2O4S/c1-12-5-2-3-8-15(12)20-17(23)11-21-18(24)16(26-19(21)25)10-13-6-4-7-14(22)9-13/h2-10,22H,11H2,1H3,(H,20,23). The highest BCUT2D eigenvalue weighted by molar-refractivity contribution is 8.18. The first-order valence-electron chi connectivity index (χ1n) is 7.84. The summed E-state index contributed by atoms with van der Waals surface area (Å²) in [4.78, 5) is 37.9. The second kappa shape index (κ2) is 7.45. The lowest BCUT2D eigenvalue weighted by atomic mass is 10.2. The molecule has 0 spiro atoms. The van der Waals surface area contributed by atoms with E-state index in [2.05, 4.69) is 5.32 Å². The molecule has 26 heavy (non-hydrogen) atoms. The number of para-hydroxylation sites is 1. The Morgan fingerprint density at radius 1 is 1.19 bits per heavy atom. The van der Waals surface area contributed by atoms with Gasteiger partial charge in [0.25, 0.3) is 11.1 Å². The highest BCUT2D eigenvalue weighted by atomic mass is 32.2. The van der Waals surface area contributed by atoms with Crippen molar-refractivity contribution in [2.24, 2.45) is 0 Å². The molecule has 2 aromatic rings. The van der Waals surface area contributed by atoms with Crippen LogP contribution < -0.4 is 5.32 Å². The summed E-state index contributed by atoms with van der Waals surface area (Å²) >= 11 is 0.771. The summed E-state index contributed by atoms with van der Waals surface area (Å²) in [6.45, 7) is 1.50. The van der Waals surface area contributed by atoms with E-state index in [4.69, 9.17) is 0 Å². The molecule has 1 aliphatic rings. The van der Waals surface area contributed by atoms with Gasteiger partial charge >= 0.3 is 0 Å². The number of rotatable bonds is 4. The van der Waals surface area contributed by atoms with Gasteiger partial charge in [0.05, 0.1) is 4.91 Å². The molecule has 1 heterocycles. The highest BCUT2D eigenvalue weighted by Crippen LogP contribution is 2.32. The van der Waals surface area contributed by atoms with Crippen molar-refractivity contribution in [2.75, 3.05) is 11.9 Å². The number of anilines is 1. The predicted molar refractivity (Wildman–Crippen MR) is 101 cm³/mol. The monoisotopic (exact) mass is 368 g/mol. The molecular weight excluding hydrogens is 352 g/mol. The molecule has 0 aliphatic carbocycles. The van der Waals surface area contributed by atoms with E-state index in [1.807, 2.05) is 19.1 Å². The summed E-state index contributed by atoms with van der Waals surface area (Å²) in [7, 11) is 0. The van der Waals surface area contributed by atoms with E-state index in [1.54, 1.807) is 24.3 Å². The molecule has 3 amide bonds. The second-order valence-corrected chi connectivity index (χ2v) is 6.72. The largest absolute Gasteiger partial charge is 0.508 e. The number of carbonyl (C=O) groups is 3. The maximum absolute atomic E-state index is 12.4. The van der Waals surface area contributed by atoms with E-state index in [-0.39, 0.29) is 17.2 Å². The van der Waals surface area contributed by atoms with Gasteiger partial charge in [-0.3, -0.25) is 19.3 Å². The van der Waals surface area contributed by atoms with Gasteiger partial charge in [0, 0.05) is 5.69 Å². The molecule has 7 heteroatoms. The van der Waals surface area contributed by atoms with Crippen LogP contribution in [0.25, 0.3) is 6.08 Å². The maximum atomic E-state index is 12.4. The zero-order valence-electron chi connectivity index (χ0n) is 13.9. The van der Waals surface area contributed by atoms with Crippen LogP contribution in [0.5, 0.6) is 5.75 Å². The van der Waals surface area contributed by atoms with Crippen LogP contribution in [0, 0.1) is 6.92 Å². The number of aryl methyl sites for hydroxylation is 1. The van der Waals surface area contributed by atoms with Gasteiger partial charge in [-0.2, -0.15) is 0 Å². The number of carbonyl (C=O) groups excluding carboxylic acids is 3. The van der Waals surface area contributed by atoms with Gasteiger partial charge in [-0.05, 0) is 54.1 Å². The molecular formula is C19H16N2O4S. The minimum atomic E-state index is -0.525. The van der Waals surface area contributed by atoms with Crippen LogP contribution in [0.3, 0.4) is 0 Å². The zero-order chi connectivity index (χ0) is 18.7. The number of amides is 3. The lowest BCUT2D eigenvalue weighted by molar-refractivity contribution is -0.127. The van der Waals surface area contributed by atoms with Gasteiger partial charge in [0.2, 0.25) is 5.91 Å². The predicted octanol–water partition coefficient (Wildman–Crippen LogP) is 3.38. The smallest absolute Gasteiger partial charge is 0.294 e. The van der Waals surface area contributed by atoms with Crippen LogP contribution >= 0.6 is 11.8 Å². The molecule has 132 valence electrons. The molecule has 0 saturated carbocycles. The Kier molecular flexibility index (Phi) is 5.09. The lowest BCUT2D eigenvalue weighted by Gasteiger charge is -2.13. The molecule has 2 aromatic carbocycles. The van der Waals surface area contributed by atoms with Gasteiger partial charge in [-0.1, -0.05) is 30.3 Å². The second-order valence-electron chi connectivity index (χ2n) is 5.73. The first kappa shape index (κ1) is 17.8. The van der Waals surface area contributed by atoms with Crippen LogP contribution in [-0.4, -0.2) is 33.6 Å². The summed E-state index contributed by atoms with van der Waals surface area (Å²) in [6, 6.07) is 13.6. The van der Waals surface area contributed by atoms with E-state index in [0.29, 0.717) is 11.3 Å². The minimum absolute atomic E-state index is 0.0654. The molecule has 1 fully saturated rings. The van der Waals surface area contributed by atoms with Gasteiger partial charge in [-0.15, -0.1) is 0 Å². The molecule has 2 N–H and O–H groups in total. The van der Waals surface area contributed by atoms with Crippen molar-refractivity contribution in [1.29, 1.82) is 0 Å². The first-order valence-corrected chi connectivity index (χ1v) is 8.65. The Morgan fingerprint density at radius 2 is 1.96 bits per heavy atom. The molecule has 0 aromatic heterocycles. The van der Waals surface area contributed by atoms with Crippen LogP contribution in [0.1, 0.15) is 11.1 Å². The van der Waals surface area contributed by atoms with Crippen molar-refractivity contribution in [1.82, 2.24) is 4.90 Å². The molecule has 0 bridgehead atoms. The zero-order valence-corrected chi connectivity index (χ0v) is 14.7. The fraction of sp³-hybridized carbons (Fsp3) is 0.105. The van der Waals surface area contributed by atoms with E-state index in [1.165, 1.54) is 18.2 Å². The molecule has 6 nitrogen and oxygen atoms in total. The number of nitrogens with one attached hydrogen (secondary N) is 1. The number of hydrogen-bond acceptors (Lipinski definition) is 5. The number of nitrogens with zero attached hydrogens (tertiary/aromatic N) is 1. The van der Waals surface area contributed by atoms with Crippen molar-refractivity contribution in [3.63, 3.8) is 0 Å². The third kappa shape index (κ3) is 3.94. The van der Waals surface area contributed by atoms with Crippen LogP contribution in [0.2, 0.25) is 0 Å². The fourth-order valence-electron chi connectivity index (χ4n) is 2.45. The van der Waals surface area contributed by atoms with Gasteiger partial charge < -0.3 is 10.4 Å². The lowest BCUT2D eigenvalue weighted by Crippen LogP contribution is -2.36. The third-order valence-corrected chi connectivity index (χ3v) is 4.67. The molecule has 0 atom stereocenters. The normalized spacial score (nSPS) is 15.6. The quantitative estimate of drug-likeness (QED) is 0.808. The summed E-state index contributed by atoms with van der Waals surface area (Å²) in [6.07, 6.45) is 1.52. The van der Waals surface area contributed by atoms with E-state index < -0.39 is 17.1 Å². The number of hydrogen-bond donors (Lipinski definition) is 2. The Labute approximate surface area is 154 Å². The number of phenolic OH excluding ortho intramolecular Hbond substituents is 1. The van der Waals surface area contributed by atoms with Gasteiger partial charge in [0.15, 0.2) is 0 Å². The van der Waals surface area contributed by atoms with Crippen molar-refractivity contribution >= 4 is 40.6 Å². The molecule has 3 rings (SSSR count). The van der Waals surface area contributed by atoms with Crippen molar-refractivity contribution in [3.05, 3.63) is 64.6 Å². The summed E-state index contributed by atoms with van der Waals surface area (Å²) in [5.74, 6) is -0.904. The maximum Gasteiger partial charge on any atom is 0.294 e. The molecule has 0 unspecified atom stereocenters. The Balaban J connectivity index is 1.71. The fourth-order valence-corrected chi connectivity index (χ4v) is 3.29. The topological polar surface area (TPSA) is 86.7 Å². The summed E-state index contributed by atoms with van der Waals surface area (Å²) in [5.41, 5.74) is 2.12. The average Bonchev–Trinajstić information content (AvgIpc) is 2.84. The van der Waals surface area contributed by atoms with Crippen molar-refractivity contribution in [2.45, 2.75) is 6.92 Å². The Morgan fingerprint density at radius 3 is 2.69 bits per heavy atom. The summed E-state index contributed by atoms with van der Waals surface area (Å²) in [5, 5.41) is 11.7. The van der Waals surface area contributed by atoms with Crippen LogP contribution in [0.15, 0.2) is 53.4 Å². The Hall–Kier alpha value is -3.06. The van der Waals surface area contributed by atoms with Crippen LogP contribution in [0.4, 0.5) is 10.5 Å². The van der Waals surface area contributed by atoms with Crippen molar-refractivity contribution in [3.8, 4) is 5.75 Å². The molecule has 0 radical (unpaired) electrons. The third-order valence-electron chi connectivity index (χ3n) is 3.76. The number of imide groups is 1. The number of thioether (sulfide) groups is 1. The van der Waals surface area contributed by atoms with Crippen molar-refractivity contribution < 1.29 is 19.5 Å². The van der Waals surface area contributed by atoms with E-state index in [0.717, 1.165) is 22.2 Å². The SMILES string of the molecule is Cc1ccccc1NC(=O)CN1C(=O)SC(=Cc2cccc(O)c2)C1=O. The molecule has 1 aliphatic heterocycles. The number of benzene rings is 2. The number of phenols is 1. The first-order chi connectivity index (χ1) is 12.4.